The third kappa shape index (κ3) is 1.97. The van der Waals surface area contributed by atoms with Crippen molar-refractivity contribution in [2.75, 3.05) is 6.61 Å². The molecule has 1 aromatic heterocycles. The maximum atomic E-state index is 9.53. The van der Waals surface area contributed by atoms with Gasteiger partial charge in [0.05, 0.1) is 12.2 Å². The van der Waals surface area contributed by atoms with Crippen molar-refractivity contribution in [3.63, 3.8) is 0 Å². The molecule has 15 heavy (non-hydrogen) atoms. The second-order valence-corrected chi connectivity index (χ2v) is 3.01. The summed E-state index contributed by atoms with van der Waals surface area (Å²) in [5.74, 6) is 0.781. The highest BCUT2D eigenvalue weighted by Crippen LogP contribution is 2.26. The predicted octanol–water partition coefficient (Wildman–Crippen LogP) is 0.977. The Labute approximate surface area is 86.0 Å². The highest BCUT2D eigenvalue weighted by atomic mass is 16.5. The topological polar surface area (TPSA) is 79.4 Å². The van der Waals surface area contributed by atoms with E-state index in [4.69, 9.17) is 9.63 Å². The van der Waals surface area contributed by atoms with Crippen LogP contribution in [0.15, 0.2) is 28.8 Å². The molecule has 2 aromatic rings. The first kappa shape index (κ1) is 9.67. The zero-order chi connectivity index (χ0) is 10.7. The van der Waals surface area contributed by atoms with E-state index >= 15 is 0 Å². The lowest BCUT2D eigenvalue weighted by molar-refractivity contribution is 0.293. The summed E-state index contributed by atoms with van der Waals surface area (Å²) in [5, 5.41) is 21.9. The maximum absolute atomic E-state index is 9.53. The molecule has 2 rings (SSSR count). The Morgan fingerprint density at radius 1 is 1.27 bits per heavy atom. The van der Waals surface area contributed by atoms with E-state index in [1.165, 1.54) is 0 Å². The lowest BCUT2D eigenvalue weighted by atomic mass is 10.2. The van der Waals surface area contributed by atoms with Crippen LogP contribution in [0.25, 0.3) is 11.5 Å². The van der Waals surface area contributed by atoms with Crippen LogP contribution in [0, 0.1) is 0 Å². The van der Waals surface area contributed by atoms with Crippen LogP contribution in [0.4, 0.5) is 0 Å². The highest BCUT2D eigenvalue weighted by Gasteiger charge is 2.11. The first-order chi connectivity index (χ1) is 7.31. The molecule has 5 heteroatoms. The number of para-hydroxylation sites is 1. The van der Waals surface area contributed by atoms with Crippen LogP contribution in [0.5, 0.6) is 5.75 Å². The number of aromatic hydroxyl groups is 1. The van der Waals surface area contributed by atoms with Crippen LogP contribution in [0.2, 0.25) is 0 Å². The number of nitrogens with zero attached hydrogens (tertiary/aromatic N) is 2. The van der Waals surface area contributed by atoms with E-state index in [0.717, 1.165) is 0 Å². The normalized spacial score (nSPS) is 10.5. The molecule has 0 saturated carbocycles. The van der Waals surface area contributed by atoms with Gasteiger partial charge in [0.2, 0.25) is 0 Å². The summed E-state index contributed by atoms with van der Waals surface area (Å²) in [6.07, 6.45) is 0.344. The zero-order valence-electron chi connectivity index (χ0n) is 7.92. The molecule has 0 radical (unpaired) electrons. The molecule has 0 amide bonds. The summed E-state index contributed by atoms with van der Waals surface area (Å²) in [4.78, 5) is 4.03. The summed E-state index contributed by atoms with van der Waals surface area (Å²) in [5.41, 5.74) is 0.495. The number of phenolic OH excluding ortho intramolecular Hbond substituents is 1. The van der Waals surface area contributed by atoms with Gasteiger partial charge in [-0.25, -0.2) is 0 Å². The van der Waals surface area contributed by atoms with Gasteiger partial charge in [-0.15, -0.1) is 0 Å². The predicted molar refractivity (Wildman–Crippen MR) is 52.2 cm³/mol. The minimum atomic E-state index is -0.0280. The van der Waals surface area contributed by atoms with E-state index < -0.39 is 0 Å². The lowest BCUT2D eigenvalue weighted by Crippen LogP contribution is -1.92. The van der Waals surface area contributed by atoms with Gasteiger partial charge in [0.1, 0.15) is 5.75 Å². The van der Waals surface area contributed by atoms with Gasteiger partial charge in [-0.1, -0.05) is 17.3 Å². The average molecular weight is 206 g/mol. The maximum Gasteiger partial charge on any atom is 0.261 e. The fourth-order valence-corrected chi connectivity index (χ4v) is 1.22. The van der Waals surface area contributed by atoms with Gasteiger partial charge < -0.3 is 14.7 Å². The molecule has 0 fully saturated rings. The molecule has 0 bridgehead atoms. The number of aromatic nitrogens is 2. The summed E-state index contributed by atoms with van der Waals surface area (Å²) < 4.78 is 4.95. The molecule has 0 spiro atoms. The molecule has 2 N–H and O–H groups in total. The number of phenols is 1. The standard InChI is InChI=1S/C10H10N2O3/c13-6-5-9-11-10(15-12-9)7-3-1-2-4-8(7)14/h1-4,13-14H,5-6H2. The average Bonchev–Trinajstić information content (AvgIpc) is 2.68. The number of aliphatic hydroxyl groups excluding tert-OH is 1. The molecule has 0 aliphatic rings. The second kappa shape index (κ2) is 4.10. The van der Waals surface area contributed by atoms with E-state index in [1.807, 2.05) is 0 Å². The van der Waals surface area contributed by atoms with Crippen LogP contribution in [0.3, 0.4) is 0 Å². The van der Waals surface area contributed by atoms with Crippen LogP contribution in [-0.2, 0) is 6.42 Å². The third-order valence-corrected chi connectivity index (χ3v) is 1.94. The largest absolute Gasteiger partial charge is 0.507 e. The van der Waals surface area contributed by atoms with Crippen molar-refractivity contribution < 1.29 is 14.7 Å². The molecule has 5 nitrogen and oxygen atoms in total. The number of aliphatic hydroxyl groups is 1. The SMILES string of the molecule is OCCc1noc(-c2ccccc2O)n1. The van der Waals surface area contributed by atoms with Crippen molar-refractivity contribution in [3.05, 3.63) is 30.1 Å². The van der Waals surface area contributed by atoms with Gasteiger partial charge in [-0.3, -0.25) is 0 Å². The summed E-state index contributed by atoms with van der Waals surface area (Å²) in [7, 11) is 0. The molecular weight excluding hydrogens is 196 g/mol. The van der Waals surface area contributed by atoms with Crippen LogP contribution in [-0.4, -0.2) is 27.0 Å². The van der Waals surface area contributed by atoms with Crippen LogP contribution < -0.4 is 0 Å². The Hall–Kier alpha value is -1.88. The monoisotopic (exact) mass is 206 g/mol. The van der Waals surface area contributed by atoms with E-state index in [9.17, 15) is 5.11 Å². The van der Waals surface area contributed by atoms with Crippen molar-refractivity contribution in [1.29, 1.82) is 0 Å². The first-order valence-corrected chi connectivity index (χ1v) is 4.53. The van der Waals surface area contributed by atoms with Crippen LogP contribution in [0.1, 0.15) is 5.82 Å². The minimum absolute atomic E-state index is 0.0280. The van der Waals surface area contributed by atoms with Gasteiger partial charge in [0, 0.05) is 6.42 Å². The fraction of sp³-hybridized carbons (Fsp3) is 0.200. The molecular formula is C10H10N2O3. The Morgan fingerprint density at radius 2 is 2.07 bits per heavy atom. The number of hydrogen-bond donors (Lipinski definition) is 2. The van der Waals surface area contributed by atoms with Crippen molar-refractivity contribution >= 4 is 0 Å². The first-order valence-electron chi connectivity index (χ1n) is 4.53. The van der Waals surface area contributed by atoms with Gasteiger partial charge in [0.15, 0.2) is 5.82 Å². The Balaban J connectivity index is 2.33. The number of hydrogen-bond acceptors (Lipinski definition) is 5. The van der Waals surface area contributed by atoms with Crippen molar-refractivity contribution in [3.8, 4) is 17.2 Å². The van der Waals surface area contributed by atoms with E-state index in [0.29, 0.717) is 17.8 Å². The van der Waals surface area contributed by atoms with Gasteiger partial charge in [-0.05, 0) is 12.1 Å². The quantitative estimate of drug-likeness (QED) is 0.782. The summed E-state index contributed by atoms with van der Waals surface area (Å²) >= 11 is 0. The Kier molecular flexibility index (Phi) is 2.64. The second-order valence-electron chi connectivity index (χ2n) is 3.01. The molecule has 1 heterocycles. The van der Waals surface area contributed by atoms with E-state index in [1.54, 1.807) is 24.3 Å². The van der Waals surface area contributed by atoms with Gasteiger partial charge in [-0.2, -0.15) is 4.98 Å². The third-order valence-electron chi connectivity index (χ3n) is 1.94. The smallest absolute Gasteiger partial charge is 0.261 e. The minimum Gasteiger partial charge on any atom is -0.507 e. The zero-order valence-corrected chi connectivity index (χ0v) is 7.92. The molecule has 1 aromatic carbocycles. The molecule has 0 atom stereocenters. The number of benzene rings is 1. The molecule has 78 valence electrons. The molecule has 0 aliphatic heterocycles. The number of rotatable bonds is 3. The molecule has 0 aliphatic carbocycles. The van der Waals surface area contributed by atoms with Gasteiger partial charge in [0.25, 0.3) is 5.89 Å². The molecule has 0 unspecified atom stereocenters. The van der Waals surface area contributed by atoms with E-state index in [-0.39, 0.29) is 18.2 Å². The lowest BCUT2D eigenvalue weighted by Gasteiger charge is -1.96. The summed E-state index contributed by atoms with van der Waals surface area (Å²) in [6.45, 7) is -0.0280. The fourth-order valence-electron chi connectivity index (χ4n) is 1.22. The van der Waals surface area contributed by atoms with E-state index in [2.05, 4.69) is 10.1 Å². The van der Waals surface area contributed by atoms with Gasteiger partial charge >= 0.3 is 0 Å². The molecule has 0 saturated heterocycles. The van der Waals surface area contributed by atoms with Crippen molar-refractivity contribution in [2.24, 2.45) is 0 Å². The highest BCUT2D eigenvalue weighted by molar-refractivity contribution is 5.61. The Morgan fingerprint density at radius 3 is 2.80 bits per heavy atom. The van der Waals surface area contributed by atoms with Crippen LogP contribution >= 0.6 is 0 Å². The Bertz CT molecular complexity index is 453. The van der Waals surface area contributed by atoms with Crippen molar-refractivity contribution in [1.82, 2.24) is 10.1 Å². The summed E-state index contributed by atoms with van der Waals surface area (Å²) in [6, 6.07) is 6.71. The van der Waals surface area contributed by atoms with Crippen molar-refractivity contribution in [2.45, 2.75) is 6.42 Å².